The van der Waals surface area contributed by atoms with Crippen LogP contribution in [0.3, 0.4) is 0 Å². The second-order valence-electron chi connectivity index (χ2n) is 7.18. The Balaban J connectivity index is 1.70. The van der Waals surface area contributed by atoms with Gasteiger partial charge in [-0.05, 0) is 37.3 Å². The van der Waals surface area contributed by atoms with Crippen LogP contribution in [-0.4, -0.2) is 18.6 Å². The first kappa shape index (κ1) is 23.4. The normalized spacial score (nSPS) is 20.3. The highest BCUT2D eigenvalue weighted by molar-refractivity contribution is 6.35. The molecule has 0 saturated carbocycles. The lowest BCUT2D eigenvalue weighted by Gasteiger charge is -2.30. The van der Waals surface area contributed by atoms with Gasteiger partial charge in [0.2, 0.25) is 0 Å². The van der Waals surface area contributed by atoms with Crippen molar-refractivity contribution in [2.24, 2.45) is 5.16 Å². The summed E-state index contributed by atoms with van der Waals surface area (Å²) in [6, 6.07) is 5.53. The van der Waals surface area contributed by atoms with Crippen molar-refractivity contribution in [1.82, 2.24) is 0 Å². The molecule has 2 heterocycles. The molecule has 33 heavy (non-hydrogen) atoms. The number of anilines is 1. The summed E-state index contributed by atoms with van der Waals surface area (Å²) in [4.78, 5) is 6.38. The molecule has 176 valence electrons. The molecule has 4 rings (SSSR count). The minimum absolute atomic E-state index is 0.0506. The van der Waals surface area contributed by atoms with E-state index < -0.39 is 51.7 Å². The maximum absolute atomic E-state index is 14.3. The third kappa shape index (κ3) is 4.06. The molecule has 2 aromatic rings. The molecule has 0 bridgehead atoms. The van der Waals surface area contributed by atoms with Gasteiger partial charge in [0.1, 0.15) is 18.3 Å². The number of benzene rings is 2. The molecule has 1 atom stereocenters. The Hall–Kier alpha value is -2.72. The number of halogens is 7. The van der Waals surface area contributed by atoms with Crippen LogP contribution in [0.15, 0.2) is 48.0 Å². The molecule has 2 aromatic carbocycles. The Morgan fingerprint density at radius 1 is 1.09 bits per heavy atom. The smallest absolute Gasteiger partial charge is 0.435 e. The number of rotatable bonds is 4. The maximum atomic E-state index is 14.3. The lowest BCUT2D eigenvalue weighted by molar-refractivity contribution is -0.275. The molecular formula is C21H15Cl2F5N2O3. The summed E-state index contributed by atoms with van der Waals surface area (Å²) in [5.74, 6) is -1.75. The van der Waals surface area contributed by atoms with Gasteiger partial charge in [-0.1, -0.05) is 28.4 Å². The van der Waals surface area contributed by atoms with Crippen LogP contribution < -0.4 is 4.90 Å². The van der Waals surface area contributed by atoms with E-state index in [9.17, 15) is 22.0 Å². The molecule has 0 aromatic heterocycles. The molecule has 2 aliphatic heterocycles. The summed E-state index contributed by atoms with van der Waals surface area (Å²) >= 11 is 11.5. The van der Waals surface area contributed by atoms with Gasteiger partial charge >= 0.3 is 6.18 Å². The fourth-order valence-electron chi connectivity index (χ4n) is 3.60. The predicted octanol–water partition coefficient (Wildman–Crippen LogP) is 6.81. The van der Waals surface area contributed by atoms with Crippen molar-refractivity contribution < 1.29 is 36.3 Å². The number of hydrogen-bond acceptors (Lipinski definition) is 5. The lowest BCUT2D eigenvalue weighted by atomic mass is 9.89. The van der Waals surface area contributed by atoms with Crippen molar-refractivity contribution in [1.29, 1.82) is 0 Å². The molecule has 5 nitrogen and oxygen atoms in total. The third-order valence-corrected chi connectivity index (χ3v) is 5.80. The quantitative estimate of drug-likeness (QED) is 0.336. The molecule has 0 fully saturated rings. The Bertz CT molecular complexity index is 1110. The first-order chi connectivity index (χ1) is 15.6. The summed E-state index contributed by atoms with van der Waals surface area (Å²) < 4.78 is 81.2. The fraction of sp³-hybridized carbons (Fsp3) is 0.286. The second kappa shape index (κ2) is 8.57. The van der Waals surface area contributed by atoms with E-state index in [0.29, 0.717) is 5.69 Å². The van der Waals surface area contributed by atoms with Crippen LogP contribution >= 0.6 is 23.2 Å². The molecule has 1 unspecified atom stereocenters. The zero-order chi connectivity index (χ0) is 24.0. The minimum Gasteiger partial charge on any atom is -0.455 e. The van der Waals surface area contributed by atoms with Crippen LogP contribution in [-0.2, 0) is 19.9 Å². The van der Waals surface area contributed by atoms with Gasteiger partial charge in [-0.3, -0.25) is 0 Å². The van der Waals surface area contributed by atoms with Gasteiger partial charge in [-0.15, -0.1) is 0 Å². The summed E-state index contributed by atoms with van der Waals surface area (Å²) in [6.45, 7) is 1.85. The summed E-state index contributed by atoms with van der Waals surface area (Å²) in [6.07, 6.45) is -4.23. The van der Waals surface area contributed by atoms with Gasteiger partial charge in [0.25, 0.3) is 11.9 Å². The molecule has 0 radical (unpaired) electrons. The highest BCUT2D eigenvalue weighted by Gasteiger charge is 2.63. The van der Waals surface area contributed by atoms with E-state index in [-0.39, 0.29) is 17.9 Å². The zero-order valence-corrected chi connectivity index (χ0v) is 18.3. The highest BCUT2D eigenvalue weighted by Crippen LogP contribution is 2.50. The van der Waals surface area contributed by atoms with Crippen molar-refractivity contribution in [3.05, 3.63) is 75.7 Å². The SMILES string of the molecule is CCN(C1=NOC(c2cc(Cl)c(F)c(Cl)c2)(C(F)(F)F)C1)c1ccc(F)c(C2OC=CO2)c1. The summed E-state index contributed by atoms with van der Waals surface area (Å²) in [5.41, 5.74) is -3.06. The molecule has 2 aliphatic rings. The number of alkyl halides is 3. The van der Waals surface area contributed by atoms with E-state index >= 15 is 0 Å². The number of hydrogen-bond donors (Lipinski definition) is 0. The molecule has 0 spiro atoms. The van der Waals surface area contributed by atoms with Crippen molar-refractivity contribution in [2.45, 2.75) is 31.4 Å². The number of amidine groups is 1. The van der Waals surface area contributed by atoms with Crippen molar-refractivity contribution in [3.63, 3.8) is 0 Å². The number of ether oxygens (including phenoxy) is 2. The standard InChI is InChI=1S/C21H15Cl2F5N2O3/c1-2-30(12-3-4-16(24)13(9-12)19-31-5-6-32-19)17-10-20(33-29-17,21(26,27)28)11-7-14(22)18(25)15(23)8-11/h3-9,19H,2,10H2,1H3. The van der Waals surface area contributed by atoms with Gasteiger partial charge in [-0.25, -0.2) is 8.78 Å². The van der Waals surface area contributed by atoms with E-state index in [4.69, 9.17) is 37.5 Å². The molecule has 0 N–H and O–H groups in total. The predicted molar refractivity (Wildman–Crippen MR) is 111 cm³/mol. The van der Waals surface area contributed by atoms with Crippen LogP contribution in [0.5, 0.6) is 0 Å². The molecular weight excluding hydrogens is 494 g/mol. The van der Waals surface area contributed by atoms with Crippen molar-refractivity contribution >= 4 is 34.7 Å². The average Bonchev–Trinajstić information content (AvgIpc) is 3.44. The molecule has 12 heteroatoms. The summed E-state index contributed by atoms with van der Waals surface area (Å²) in [7, 11) is 0. The summed E-state index contributed by atoms with van der Waals surface area (Å²) in [5, 5.41) is 2.52. The molecule has 0 aliphatic carbocycles. The van der Waals surface area contributed by atoms with E-state index in [2.05, 4.69) is 5.16 Å². The van der Waals surface area contributed by atoms with Gasteiger partial charge in [0.15, 0.2) is 11.7 Å². The Kier molecular flexibility index (Phi) is 6.09. The van der Waals surface area contributed by atoms with E-state index in [0.717, 1.165) is 18.2 Å². The topological polar surface area (TPSA) is 43.3 Å². The molecule has 0 saturated heterocycles. The number of nitrogens with zero attached hydrogens (tertiary/aromatic N) is 2. The molecule has 0 amide bonds. The van der Waals surface area contributed by atoms with Crippen LogP contribution in [0.4, 0.5) is 27.6 Å². The maximum Gasteiger partial charge on any atom is 0.435 e. The van der Waals surface area contributed by atoms with Gasteiger partial charge < -0.3 is 19.2 Å². The van der Waals surface area contributed by atoms with Gasteiger partial charge in [0, 0.05) is 17.8 Å². The zero-order valence-electron chi connectivity index (χ0n) is 16.8. The Morgan fingerprint density at radius 3 is 2.30 bits per heavy atom. The first-order valence-corrected chi connectivity index (χ1v) is 10.3. The van der Waals surface area contributed by atoms with E-state index in [1.54, 1.807) is 6.92 Å². The van der Waals surface area contributed by atoms with Crippen LogP contribution in [0.2, 0.25) is 10.0 Å². The van der Waals surface area contributed by atoms with E-state index in [1.165, 1.54) is 29.6 Å². The Labute approximate surface area is 194 Å². The van der Waals surface area contributed by atoms with E-state index in [1.807, 2.05) is 0 Å². The lowest BCUT2D eigenvalue weighted by Crippen LogP contribution is -2.44. The van der Waals surface area contributed by atoms with Crippen LogP contribution in [0.1, 0.15) is 30.8 Å². The minimum atomic E-state index is -4.95. The Morgan fingerprint density at radius 2 is 1.73 bits per heavy atom. The average molecular weight is 509 g/mol. The van der Waals surface area contributed by atoms with Gasteiger partial charge in [0.05, 0.1) is 22.0 Å². The largest absolute Gasteiger partial charge is 0.455 e. The first-order valence-electron chi connectivity index (χ1n) is 9.57. The van der Waals surface area contributed by atoms with Crippen LogP contribution in [0, 0.1) is 11.6 Å². The van der Waals surface area contributed by atoms with Crippen LogP contribution in [0.25, 0.3) is 0 Å². The highest BCUT2D eigenvalue weighted by atomic mass is 35.5. The number of oxime groups is 1. The monoisotopic (exact) mass is 508 g/mol. The van der Waals surface area contributed by atoms with Crippen molar-refractivity contribution in [2.75, 3.05) is 11.4 Å². The van der Waals surface area contributed by atoms with Crippen molar-refractivity contribution in [3.8, 4) is 0 Å². The third-order valence-electron chi connectivity index (χ3n) is 5.25. The fourth-order valence-corrected chi connectivity index (χ4v) is 4.09. The second-order valence-corrected chi connectivity index (χ2v) is 7.99. The van der Waals surface area contributed by atoms with Gasteiger partial charge in [-0.2, -0.15) is 13.2 Å².